The fourth-order valence-electron chi connectivity index (χ4n) is 11.5. The predicted molar refractivity (Wildman–Crippen MR) is 222 cm³/mol. The van der Waals surface area contributed by atoms with Crippen LogP contribution in [0.15, 0.2) is 0 Å². The monoisotopic (exact) mass is 825 g/mol. The van der Waals surface area contributed by atoms with Gasteiger partial charge in [0.25, 0.3) is 0 Å². The second-order valence-corrected chi connectivity index (χ2v) is 19.7. The van der Waals surface area contributed by atoms with Crippen LogP contribution in [0.4, 0.5) is 0 Å². The molecule has 0 N–H and O–H groups in total. The first kappa shape index (κ1) is 47.0. The Kier molecular flexibility index (Phi) is 14.9. The van der Waals surface area contributed by atoms with Gasteiger partial charge < -0.3 is 52.1 Å². The third kappa shape index (κ3) is 8.14. The Morgan fingerprint density at radius 2 is 0.534 bits per heavy atom. The van der Waals surface area contributed by atoms with Gasteiger partial charge in [0.05, 0.1) is 43.7 Å². The Morgan fingerprint density at radius 1 is 0.310 bits per heavy atom. The molecule has 0 radical (unpaired) electrons. The zero-order valence-corrected chi connectivity index (χ0v) is 39.1. The summed E-state index contributed by atoms with van der Waals surface area (Å²) in [5.41, 5.74) is 0. The summed E-state index contributed by atoms with van der Waals surface area (Å²) in [4.78, 5) is 0. The molecule has 11 heteroatoms. The third-order valence-electron chi connectivity index (χ3n) is 17.1. The lowest BCUT2D eigenvalue weighted by Gasteiger charge is -2.44. The molecular formula is C47H84O11. The van der Waals surface area contributed by atoms with E-state index in [2.05, 4.69) is 104 Å². The van der Waals surface area contributed by atoms with Crippen molar-refractivity contribution in [3.8, 4) is 0 Å². The molecule has 5 unspecified atom stereocenters. The van der Waals surface area contributed by atoms with E-state index in [1.165, 1.54) is 0 Å². The Hall–Kier alpha value is -0.440. The fourth-order valence-corrected chi connectivity index (χ4v) is 11.5. The lowest BCUT2D eigenvalue weighted by atomic mass is 9.85. The molecule has 0 aliphatic carbocycles. The van der Waals surface area contributed by atoms with Crippen LogP contribution < -0.4 is 0 Å². The molecule has 6 heterocycles. The van der Waals surface area contributed by atoms with Gasteiger partial charge >= 0.3 is 0 Å². The van der Waals surface area contributed by atoms with Gasteiger partial charge in [0, 0.05) is 29.6 Å². The molecule has 58 heavy (non-hydrogen) atoms. The van der Waals surface area contributed by atoms with E-state index in [0.717, 1.165) is 32.1 Å². The Labute approximate surface area is 352 Å². The van der Waals surface area contributed by atoms with Crippen LogP contribution in [0.1, 0.15) is 136 Å². The molecule has 6 aliphatic heterocycles. The Bertz CT molecular complexity index is 1250. The highest BCUT2D eigenvalue weighted by molar-refractivity contribution is 5.00. The van der Waals surface area contributed by atoms with E-state index in [1.807, 2.05) is 0 Å². The van der Waals surface area contributed by atoms with Gasteiger partial charge in [-0.3, -0.25) is 0 Å². The molecule has 20 atom stereocenters. The van der Waals surface area contributed by atoms with Crippen molar-refractivity contribution in [2.24, 2.45) is 59.2 Å². The summed E-state index contributed by atoms with van der Waals surface area (Å²) >= 11 is 0. The molecule has 6 fully saturated rings. The summed E-state index contributed by atoms with van der Waals surface area (Å²) in [7, 11) is 0. The lowest BCUT2D eigenvalue weighted by molar-refractivity contribution is -0.376. The predicted octanol–water partition coefficient (Wildman–Crippen LogP) is 8.99. The van der Waals surface area contributed by atoms with Gasteiger partial charge in [0.1, 0.15) is 33.0 Å². The van der Waals surface area contributed by atoms with Crippen LogP contribution in [0.2, 0.25) is 0 Å². The normalized spacial score (nSPS) is 53.7. The van der Waals surface area contributed by atoms with Crippen molar-refractivity contribution in [2.75, 3.05) is 46.2 Å². The topological polar surface area (TPSA) is 102 Å². The molecule has 338 valence electrons. The first-order valence-corrected chi connectivity index (χ1v) is 23.6. The van der Waals surface area contributed by atoms with E-state index in [4.69, 9.17) is 52.1 Å². The first-order valence-electron chi connectivity index (χ1n) is 23.6. The smallest absolute Gasteiger partial charge is 0.195 e. The van der Waals surface area contributed by atoms with Crippen LogP contribution in [-0.4, -0.2) is 106 Å². The molecule has 0 aromatic rings. The SMILES string of the molecule is CC[C@H]1O[C@]2(CO[C@]3(CO[C@]4(COCCO[C@]5(CO[C@]6(CO2)O[C@H](CC)C(C)[C@@H]6C)O[C@H](CC)C(C)[C@@H]5C)O[C@H](CC)[C@H](C)C4C)O[C@H](CC)[C@H](C)C3C)[C@@H](C)C1C. The highest BCUT2D eigenvalue weighted by Crippen LogP contribution is 2.52. The van der Waals surface area contributed by atoms with Crippen molar-refractivity contribution >= 4 is 0 Å². The van der Waals surface area contributed by atoms with Crippen LogP contribution in [-0.2, 0) is 52.1 Å². The van der Waals surface area contributed by atoms with Crippen molar-refractivity contribution in [1.29, 1.82) is 0 Å². The van der Waals surface area contributed by atoms with E-state index < -0.39 is 28.9 Å². The molecule has 5 spiro atoms. The van der Waals surface area contributed by atoms with Crippen molar-refractivity contribution in [3.63, 3.8) is 0 Å². The maximum atomic E-state index is 7.29. The molecule has 11 nitrogen and oxygen atoms in total. The number of hydrogen-bond donors (Lipinski definition) is 0. The van der Waals surface area contributed by atoms with Gasteiger partial charge in [0.2, 0.25) is 0 Å². The summed E-state index contributed by atoms with van der Waals surface area (Å²) in [6, 6.07) is 0. The van der Waals surface area contributed by atoms with Crippen molar-refractivity contribution in [3.05, 3.63) is 0 Å². The molecule has 6 rings (SSSR count). The standard InChI is InChI=1S/C47H84O11/c1-16-38-28(6)33(11)43(54-38)23-48-21-22-49-44(34(12)29(7)39(17-2)55-44)24-51-46(36(14)31(9)41(19-4)57-46)26-53-47(37(15)32(10)42(20-5)58-47)27-52-45(25-50-43)35(13)30(8)40(18-3)56-45/h28-42H,16-27H2,1-15H3/t28-,29?,30-,31?,32?,33?,34+,35?,36+,37+,38-,39-,40-,41-,42-,43-,44-,45-,46-,47-/m1/s1. The maximum absolute atomic E-state index is 7.29. The van der Waals surface area contributed by atoms with Crippen LogP contribution in [0.5, 0.6) is 0 Å². The summed E-state index contributed by atoms with van der Waals surface area (Å²) in [5.74, 6) is -3.90. The van der Waals surface area contributed by atoms with Crippen molar-refractivity contribution in [2.45, 2.75) is 195 Å². The van der Waals surface area contributed by atoms with Gasteiger partial charge in [-0.1, -0.05) is 104 Å². The summed E-state index contributed by atoms with van der Waals surface area (Å²) in [6.07, 6.45) is 4.42. The Balaban J connectivity index is 1.42. The third-order valence-corrected chi connectivity index (χ3v) is 17.1. The molecule has 0 aromatic heterocycles. The van der Waals surface area contributed by atoms with Gasteiger partial charge in [-0.2, -0.15) is 0 Å². The molecule has 0 aromatic carbocycles. The zero-order chi connectivity index (χ0) is 42.4. The average molecular weight is 825 g/mol. The van der Waals surface area contributed by atoms with Crippen LogP contribution in [0, 0.1) is 59.2 Å². The second kappa shape index (κ2) is 18.3. The number of hydrogen-bond acceptors (Lipinski definition) is 11. The Morgan fingerprint density at radius 3 is 0.759 bits per heavy atom. The van der Waals surface area contributed by atoms with Crippen LogP contribution in [0.3, 0.4) is 0 Å². The number of ether oxygens (including phenoxy) is 11. The van der Waals surface area contributed by atoms with E-state index >= 15 is 0 Å². The first-order chi connectivity index (χ1) is 27.5. The highest BCUT2D eigenvalue weighted by atomic mass is 16.8. The van der Waals surface area contributed by atoms with E-state index in [1.54, 1.807) is 0 Å². The average Bonchev–Trinajstić information content (AvgIpc) is 3.89. The zero-order valence-electron chi connectivity index (χ0n) is 39.1. The minimum atomic E-state index is -1.10. The van der Waals surface area contributed by atoms with Gasteiger partial charge in [-0.25, -0.2) is 0 Å². The van der Waals surface area contributed by atoms with Gasteiger partial charge in [0.15, 0.2) is 28.9 Å². The minimum Gasteiger partial charge on any atom is -0.373 e. The summed E-state index contributed by atoms with van der Waals surface area (Å²) in [5, 5.41) is 0. The molecule has 0 amide bonds. The molecule has 0 bridgehead atoms. The largest absolute Gasteiger partial charge is 0.373 e. The van der Waals surface area contributed by atoms with Gasteiger partial charge in [-0.05, 0) is 61.7 Å². The fraction of sp³-hybridized carbons (Fsp3) is 1.00. The maximum Gasteiger partial charge on any atom is 0.195 e. The lowest BCUT2D eigenvalue weighted by Crippen LogP contribution is -2.56. The van der Waals surface area contributed by atoms with Gasteiger partial charge in [-0.15, -0.1) is 0 Å². The van der Waals surface area contributed by atoms with E-state index in [9.17, 15) is 0 Å². The highest BCUT2D eigenvalue weighted by Gasteiger charge is 2.62. The van der Waals surface area contributed by atoms with E-state index in [0.29, 0.717) is 13.2 Å². The van der Waals surface area contributed by atoms with E-state index in [-0.39, 0.29) is 123 Å². The molecule has 6 saturated heterocycles. The van der Waals surface area contributed by atoms with Crippen LogP contribution >= 0.6 is 0 Å². The quantitative estimate of drug-likeness (QED) is 0.266. The van der Waals surface area contributed by atoms with Crippen molar-refractivity contribution in [1.82, 2.24) is 0 Å². The molecular weight excluding hydrogens is 741 g/mol. The molecule has 6 aliphatic rings. The summed E-state index contributed by atoms with van der Waals surface area (Å²) < 4.78 is 77.3. The van der Waals surface area contributed by atoms with Crippen LogP contribution in [0.25, 0.3) is 0 Å². The number of rotatable bonds is 5. The van der Waals surface area contributed by atoms with Crippen molar-refractivity contribution < 1.29 is 52.1 Å². The molecule has 0 saturated carbocycles. The summed E-state index contributed by atoms with van der Waals surface area (Å²) in [6.45, 7) is 34.9. The second-order valence-electron chi connectivity index (χ2n) is 19.7. The minimum absolute atomic E-state index is 0.00515.